The lowest BCUT2D eigenvalue weighted by molar-refractivity contribution is 0.353. The van der Waals surface area contributed by atoms with Crippen molar-refractivity contribution in [2.45, 2.75) is 36.9 Å². The molecule has 5 rings (SSSR count). The molecule has 4 aliphatic heterocycles. The van der Waals surface area contributed by atoms with Gasteiger partial charge in [0, 0.05) is 43.9 Å². The van der Waals surface area contributed by atoms with Gasteiger partial charge in [-0.15, -0.1) is 0 Å². The molecule has 20 heavy (non-hydrogen) atoms. The molecular formula is C15H23N5. The lowest BCUT2D eigenvalue weighted by Gasteiger charge is -2.31. The summed E-state index contributed by atoms with van der Waals surface area (Å²) in [7, 11) is 2.29. The van der Waals surface area contributed by atoms with Gasteiger partial charge in [-0.3, -0.25) is 0 Å². The quantitative estimate of drug-likeness (QED) is 0.651. The number of hydrogen-bond donors (Lipinski definition) is 3. The van der Waals surface area contributed by atoms with Gasteiger partial charge >= 0.3 is 0 Å². The highest BCUT2D eigenvalue weighted by molar-refractivity contribution is 5.73. The summed E-state index contributed by atoms with van der Waals surface area (Å²) < 4.78 is 2.57. The van der Waals surface area contributed by atoms with E-state index >= 15 is 0 Å². The number of aromatic nitrogens is 1. The number of hydrogen-bond acceptors (Lipinski definition) is 4. The van der Waals surface area contributed by atoms with Gasteiger partial charge in [-0.25, -0.2) is 0 Å². The van der Waals surface area contributed by atoms with Crippen molar-refractivity contribution in [3.63, 3.8) is 0 Å². The monoisotopic (exact) mass is 273 g/mol. The fourth-order valence-electron chi connectivity index (χ4n) is 4.90. The van der Waals surface area contributed by atoms with Crippen molar-refractivity contribution in [1.82, 2.24) is 15.2 Å². The number of nitrogens with zero attached hydrogens (tertiary/aromatic N) is 2. The Hall–Kier alpha value is -1.20. The second kappa shape index (κ2) is 3.92. The van der Waals surface area contributed by atoms with E-state index in [1.54, 1.807) is 5.56 Å². The molecule has 1 aromatic heterocycles. The van der Waals surface area contributed by atoms with E-state index in [4.69, 9.17) is 0 Å². The first-order chi connectivity index (χ1) is 9.84. The van der Waals surface area contributed by atoms with Gasteiger partial charge in [0.15, 0.2) is 0 Å². The minimum atomic E-state index is 0.605. The number of anilines is 2. The van der Waals surface area contributed by atoms with Crippen molar-refractivity contribution in [3.05, 3.63) is 11.8 Å². The average molecular weight is 273 g/mol. The summed E-state index contributed by atoms with van der Waals surface area (Å²) in [5.41, 5.74) is 3.01. The van der Waals surface area contributed by atoms with Gasteiger partial charge in [-0.2, -0.15) is 0 Å². The van der Waals surface area contributed by atoms with Crippen LogP contribution in [0.15, 0.2) is 6.20 Å². The first-order valence-electron chi connectivity index (χ1n) is 8.00. The molecule has 2 saturated heterocycles. The standard InChI is InChI=1S/C15H23N5/c1-19-13-7-17-5-3-12(13)20-8-11-14(15(19)20)9-2-4-16-6-10(9)18-11/h8-10,12-13,16-18H,2-7H2,1H3. The molecule has 0 amide bonds. The minimum Gasteiger partial charge on any atom is -0.379 e. The van der Waals surface area contributed by atoms with Crippen LogP contribution in [0.3, 0.4) is 0 Å². The molecule has 5 nitrogen and oxygen atoms in total. The van der Waals surface area contributed by atoms with E-state index in [1.807, 2.05) is 0 Å². The van der Waals surface area contributed by atoms with Crippen LogP contribution < -0.4 is 20.9 Å². The summed E-state index contributed by atoms with van der Waals surface area (Å²) >= 11 is 0. The molecule has 0 spiro atoms. The Morgan fingerprint density at radius 1 is 1.10 bits per heavy atom. The highest BCUT2D eigenvalue weighted by Gasteiger charge is 2.45. The topological polar surface area (TPSA) is 44.3 Å². The fourth-order valence-corrected chi connectivity index (χ4v) is 4.90. The van der Waals surface area contributed by atoms with Gasteiger partial charge in [-0.1, -0.05) is 0 Å². The first kappa shape index (κ1) is 11.5. The molecule has 3 N–H and O–H groups in total. The number of piperidine rings is 2. The zero-order valence-electron chi connectivity index (χ0n) is 12.0. The molecule has 4 atom stereocenters. The van der Waals surface area contributed by atoms with E-state index in [9.17, 15) is 0 Å². The molecular weight excluding hydrogens is 250 g/mol. The van der Waals surface area contributed by atoms with E-state index in [0.29, 0.717) is 24.0 Å². The third-order valence-corrected chi connectivity index (χ3v) is 5.84. The van der Waals surface area contributed by atoms with Crippen LogP contribution in [-0.4, -0.2) is 49.9 Å². The van der Waals surface area contributed by atoms with Crippen LogP contribution >= 0.6 is 0 Å². The molecule has 0 saturated carbocycles. The van der Waals surface area contributed by atoms with Crippen LogP contribution in [0.5, 0.6) is 0 Å². The molecule has 108 valence electrons. The molecule has 1 aromatic rings. The largest absolute Gasteiger partial charge is 0.379 e. The maximum Gasteiger partial charge on any atom is 0.114 e. The Kier molecular flexibility index (Phi) is 2.25. The van der Waals surface area contributed by atoms with Gasteiger partial charge in [0.1, 0.15) is 5.82 Å². The zero-order chi connectivity index (χ0) is 13.3. The molecule has 4 aliphatic rings. The molecule has 5 heteroatoms. The van der Waals surface area contributed by atoms with Crippen molar-refractivity contribution in [2.75, 3.05) is 43.4 Å². The highest BCUT2D eigenvalue weighted by atomic mass is 15.4. The number of nitrogens with one attached hydrogen (secondary N) is 3. The predicted octanol–water partition coefficient (Wildman–Crippen LogP) is 0.712. The summed E-state index contributed by atoms with van der Waals surface area (Å²) in [4.78, 5) is 2.54. The van der Waals surface area contributed by atoms with Crippen molar-refractivity contribution < 1.29 is 0 Å². The van der Waals surface area contributed by atoms with E-state index in [1.165, 1.54) is 24.3 Å². The van der Waals surface area contributed by atoms with E-state index < -0.39 is 0 Å². The second-order valence-electron chi connectivity index (χ2n) is 6.78. The normalized spacial score (nSPS) is 38.0. The minimum absolute atomic E-state index is 0.605. The van der Waals surface area contributed by atoms with Gasteiger partial charge in [-0.05, 0) is 25.9 Å². The Morgan fingerprint density at radius 3 is 2.90 bits per heavy atom. The third kappa shape index (κ3) is 1.30. The zero-order valence-corrected chi connectivity index (χ0v) is 12.0. The molecule has 0 radical (unpaired) electrons. The van der Waals surface area contributed by atoms with Gasteiger partial charge in [0.05, 0.1) is 17.8 Å². The summed E-state index contributed by atoms with van der Waals surface area (Å²) in [6.45, 7) is 4.54. The Labute approximate surface area is 119 Å². The molecule has 0 aromatic carbocycles. The molecule has 5 heterocycles. The van der Waals surface area contributed by atoms with Crippen molar-refractivity contribution >= 4 is 11.5 Å². The summed E-state index contributed by atoms with van der Waals surface area (Å²) in [6, 6.07) is 1.92. The number of fused-ring (bicyclic) bond motifs is 7. The highest BCUT2D eigenvalue weighted by Crippen LogP contribution is 2.51. The summed E-state index contributed by atoms with van der Waals surface area (Å²) in [5, 5.41) is 10.8. The Morgan fingerprint density at radius 2 is 1.95 bits per heavy atom. The smallest absolute Gasteiger partial charge is 0.114 e. The molecule has 0 aliphatic carbocycles. The van der Waals surface area contributed by atoms with Crippen molar-refractivity contribution in [1.29, 1.82) is 0 Å². The summed E-state index contributed by atoms with van der Waals surface area (Å²) in [6.07, 6.45) is 4.92. The number of rotatable bonds is 0. The van der Waals surface area contributed by atoms with Gasteiger partial charge < -0.3 is 25.4 Å². The lowest BCUT2D eigenvalue weighted by Crippen LogP contribution is -2.45. The van der Waals surface area contributed by atoms with Crippen LogP contribution in [0, 0.1) is 0 Å². The third-order valence-electron chi connectivity index (χ3n) is 5.84. The molecule has 2 fully saturated rings. The van der Waals surface area contributed by atoms with Crippen molar-refractivity contribution in [3.8, 4) is 0 Å². The average Bonchev–Trinajstić information content (AvgIpc) is 3.08. The van der Waals surface area contributed by atoms with Crippen molar-refractivity contribution in [2.24, 2.45) is 0 Å². The van der Waals surface area contributed by atoms with Crippen LogP contribution in [0.4, 0.5) is 11.5 Å². The van der Waals surface area contributed by atoms with Gasteiger partial charge in [0.2, 0.25) is 0 Å². The molecule has 0 bridgehead atoms. The maximum absolute atomic E-state index is 3.76. The maximum atomic E-state index is 3.76. The van der Waals surface area contributed by atoms with Crippen LogP contribution in [-0.2, 0) is 0 Å². The number of likely N-dealkylation sites (N-methyl/N-ethyl adjacent to an activating group) is 1. The predicted molar refractivity (Wildman–Crippen MR) is 80.8 cm³/mol. The van der Waals surface area contributed by atoms with E-state index in [0.717, 1.165) is 26.2 Å². The lowest BCUT2D eigenvalue weighted by atomic mass is 9.90. The van der Waals surface area contributed by atoms with E-state index in [-0.39, 0.29) is 0 Å². The summed E-state index contributed by atoms with van der Waals surface area (Å²) in [5.74, 6) is 2.21. The van der Waals surface area contributed by atoms with E-state index in [2.05, 4.69) is 38.7 Å². The Bertz CT molecular complexity index is 551. The second-order valence-corrected chi connectivity index (χ2v) is 6.78. The van der Waals surface area contributed by atoms with Gasteiger partial charge in [0.25, 0.3) is 0 Å². The van der Waals surface area contributed by atoms with Crippen LogP contribution in [0.2, 0.25) is 0 Å². The molecule has 4 unspecified atom stereocenters. The van der Waals surface area contributed by atoms with Crippen LogP contribution in [0.1, 0.15) is 30.4 Å². The Balaban J connectivity index is 1.61. The first-order valence-corrected chi connectivity index (χ1v) is 8.00. The SMILES string of the molecule is CN1c2c3c(cn2C2CCNCC21)NC1CNCCC31. The fraction of sp³-hybridized carbons (Fsp3) is 0.733. The van der Waals surface area contributed by atoms with Crippen LogP contribution in [0.25, 0.3) is 0 Å².